The minimum Gasteiger partial charge on any atom is -0.481 e. The number of rotatable bonds is 3. The van der Waals surface area contributed by atoms with Gasteiger partial charge in [-0.05, 0) is 29.8 Å². The fraction of sp³-hybridized carbons (Fsp3) is 0.200. The molecule has 0 fully saturated rings. The molecule has 0 unspecified atom stereocenters. The lowest BCUT2D eigenvalue weighted by Crippen LogP contribution is -2.04. The van der Waals surface area contributed by atoms with Crippen LogP contribution in [0.2, 0.25) is 5.02 Å². The van der Waals surface area contributed by atoms with Gasteiger partial charge >= 0.3 is 5.97 Å². The number of hydrogen-bond acceptors (Lipinski definition) is 4. The van der Waals surface area contributed by atoms with Gasteiger partial charge in [0, 0.05) is 5.02 Å². The van der Waals surface area contributed by atoms with Gasteiger partial charge in [-0.1, -0.05) is 17.7 Å². The van der Waals surface area contributed by atoms with Crippen molar-refractivity contribution in [2.24, 2.45) is 0 Å². The third kappa shape index (κ3) is 2.42. The van der Waals surface area contributed by atoms with Gasteiger partial charge in [0.15, 0.2) is 5.82 Å². The van der Waals surface area contributed by atoms with Gasteiger partial charge in [0.1, 0.15) is 6.42 Å². The van der Waals surface area contributed by atoms with E-state index in [4.69, 9.17) is 16.7 Å². The van der Waals surface area contributed by atoms with E-state index in [9.17, 15) is 4.79 Å². The van der Waals surface area contributed by atoms with E-state index < -0.39 is 5.97 Å². The summed E-state index contributed by atoms with van der Waals surface area (Å²) < 4.78 is 0. The molecule has 0 bridgehead atoms. The van der Waals surface area contributed by atoms with E-state index in [-0.39, 0.29) is 12.2 Å². The van der Waals surface area contributed by atoms with Gasteiger partial charge in [-0.15, -0.1) is 15.0 Å². The first-order chi connectivity index (χ1) is 8.08. The van der Waals surface area contributed by atoms with Crippen LogP contribution in [0, 0.1) is 6.92 Å². The number of carboxylic acid groups (broad SMARTS) is 1. The fourth-order valence-electron chi connectivity index (χ4n) is 1.36. The van der Waals surface area contributed by atoms with Gasteiger partial charge in [-0.2, -0.15) is 0 Å². The Bertz CT molecular complexity index is 567. The molecular formula is C10H9ClN4O2. The average molecular weight is 253 g/mol. The van der Waals surface area contributed by atoms with Gasteiger partial charge in [0.2, 0.25) is 0 Å². The molecule has 1 heterocycles. The average Bonchev–Trinajstić information content (AvgIpc) is 2.69. The largest absolute Gasteiger partial charge is 0.481 e. The van der Waals surface area contributed by atoms with Crippen LogP contribution >= 0.6 is 11.6 Å². The Kier molecular flexibility index (Phi) is 3.06. The maximum atomic E-state index is 10.5. The first-order valence-corrected chi connectivity index (χ1v) is 5.22. The Morgan fingerprint density at radius 1 is 1.53 bits per heavy atom. The maximum absolute atomic E-state index is 10.5. The first kappa shape index (κ1) is 11.5. The molecule has 2 rings (SSSR count). The van der Waals surface area contributed by atoms with Crippen molar-refractivity contribution in [1.29, 1.82) is 0 Å². The molecular weight excluding hydrogens is 244 g/mol. The summed E-state index contributed by atoms with van der Waals surface area (Å²) in [5.74, 6) is -0.829. The number of nitrogens with zero attached hydrogens (tertiary/aromatic N) is 4. The van der Waals surface area contributed by atoms with Crippen LogP contribution in [0.15, 0.2) is 18.2 Å². The second-order valence-electron chi connectivity index (χ2n) is 3.45. The van der Waals surface area contributed by atoms with E-state index in [0.717, 1.165) is 5.56 Å². The normalized spacial score (nSPS) is 10.5. The molecule has 0 saturated carbocycles. The predicted molar refractivity (Wildman–Crippen MR) is 60.2 cm³/mol. The van der Waals surface area contributed by atoms with Crippen LogP contribution < -0.4 is 0 Å². The molecule has 7 heteroatoms. The summed E-state index contributed by atoms with van der Waals surface area (Å²) in [6.45, 7) is 1.83. The minimum absolute atomic E-state index is 0.164. The van der Waals surface area contributed by atoms with Crippen LogP contribution in [-0.4, -0.2) is 31.3 Å². The second kappa shape index (κ2) is 4.50. The second-order valence-corrected chi connectivity index (χ2v) is 3.86. The van der Waals surface area contributed by atoms with Crippen LogP contribution in [-0.2, 0) is 11.2 Å². The number of halogens is 1. The molecule has 0 radical (unpaired) electrons. The van der Waals surface area contributed by atoms with E-state index in [1.165, 1.54) is 4.80 Å². The molecule has 0 saturated heterocycles. The zero-order valence-electron chi connectivity index (χ0n) is 8.96. The highest BCUT2D eigenvalue weighted by Gasteiger charge is 2.11. The van der Waals surface area contributed by atoms with Crippen LogP contribution in [0.4, 0.5) is 0 Å². The molecule has 0 aliphatic heterocycles. The maximum Gasteiger partial charge on any atom is 0.311 e. The van der Waals surface area contributed by atoms with Crippen LogP contribution in [0.1, 0.15) is 11.4 Å². The van der Waals surface area contributed by atoms with E-state index in [0.29, 0.717) is 10.7 Å². The van der Waals surface area contributed by atoms with Gasteiger partial charge < -0.3 is 5.11 Å². The summed E-state index contributed by atoms with van der Waals surface area (Å²) >= 11 is 5.97. The van der Waals surface area contributed by atoms with E-state index >= 15 is 0 Å². The molecule has 1 aromatic heterocycles. The Morgan fingerprint density at radius 3 is 3.00 bits per heavy atom. The lowest BCUT2D eigenvalue weighted by molar-refractivity contribution is -0.136. The number of aliphatic carboxylic acids is 1. The fourth-order valence-corrected chi connectivity index (χ4v) is 1.53. The van der Waals surface area contributed by atoms with E-state index in [1.807, 2.05) is 6.92 Å². The Labute approximate surface area is 102 Å². The van der Waals surface area contributed by atoms with Crippen molar-refractivity contribution in [2.45, 2.75) is 13.3 Å². The summed E-state index contributed by atoms with van der Waals surface area (Å²) in [5, 5.41) is 20.6. The highest BCUT2D eigenvalue weighted by molar-refractivity contribution is 6.31. The van der Waals surface area contributed by atoms with E-state index in [2.05, 4.69) is 15.4 Å². The molecule has 6 nitrogen and oxygen atoms in total. The van der Waals surface area contributed by atoms with Crippen LogP contribution in [0.25, 0.3) is 5.69 Å². The van der Waals surface area contributed by atoms with Crippen molar-refractivity contribution in [3.8, 4) is 5.69 Å². The number of benzene rings is 1. The standard InChI is InChI=1S/C10H9ClN4O2/c1-6-7(11)3-2-4-8(6)15-13-9(12-14-15)5-10(16)17/h2-4H,5H2,1H3,(H,16,17). The number of carbonyl (C=O) groups is 1. The van der Waals surface area contributed by atoms with Crippen molar-refractivity contribution in [1.82, 2.24) is 20.2 Å². The predicted octanol–water partition coefficient (Wildman–Crippen LogP) is 1.25. The molecule has 1 aromatic carbocycles. The van der Waals surface area contributed by atoms with E-state index in [1.54, 1.807) is 18.2 Å². The number of tetrazole rings is 1. The highest BCUT2D eigenvalue weighted by Crippen LogP contribution is 2.20. The van der Waals surface area contributed by atoms with Crippen molar-refractivity contribution >= 4 is 17.6 Å². The zero-order chi connectivity index (χ0) is 12.4. The summed E-state index contributed by atoms with van der Waals surface area (Å²) in [5.41, 5.74) is 1.50. The van der Waals surface area contributed by atoms with Gasteiger partial charge in [0.05, 0.1) is 5.69 Å². The molecule has 0 atom stereocenters. The number of hydrogen-bond donors (Lipinski definition) is 1. The van der Waals surface area contributed by atoms with Crippen molar-refractivity contribution in [3.63, 3.8) is 0 Å². The Balaban J connectivity index is 2.37. The van der Waals surface area contributed by atoms with Crippen LogP contribution in [0.3, 0.4) is 0 Å². The molecule has 2 aromatic rings. The van der Waals surface area contributed by atoms with Gasteiger partial charge in [-0.25, -0.2) is 0 Å². The zero-order valence-corrected chi connectivity index (χ0v) is 9.72. The smallest absolute Gasteiger partial charge is 0.311 e. The summed E-state index contributed by atoms with van der Waals surface area (Å²) in [6.07, 6.45) is -0.250. The molecule has 0 aliphatic rings. The Hall–Kier alpha value is -1.95. The topological polar surface area (TPSA) is 80.9 Å². The lowest BCUT2D eigenvalue weighted by Gasteiger charge is -2.04. The lowest BCUT2D eigenvalue weighted by atomic mass is 10.2. The molecule has 17 heavy (non-hydrogen) atoms. The van der Waals surface area contributed by atoms with Crippen molar-refractivity contribution in [3.05, 3.63) is 34.6 Å². The molecule has 88 valence electrons. The highest BCUT2D eigenvalue weighted by atomic mass is 35.5. The van der Waals surface area contributed by atoms with Crippen molar-refractivity contribution in [2.75, 3.05) is 0 Å². The summed E-state index contributed by atoms with van der Waals surface area (Å²) in [7, 11) is 0. The molecule has 1 N–H and O–H groups in total. The Morgan fingerprint density at radius 2 is 2.29 bits per heavy atom. The van der Waals surface area contributed by atoms with Crippen LogP contribution in [0.5, 0.6) is 0 Å². The monoisotopic (exact) mass is 252 g/mol. The molecule has 0 aliphatic carbocycles. The quantitative estimate of drug-likeness (QED) is 0.889. The minimum atomic E-state index is -0.993. The molecule has 0 amide bonds. The van der Waals surface area contributed by atoms with Crippen molar-refractivity contribution < 1.29 is 9.90 Å². The summed E-state index contributed by atoms with van der Waals surface area (Å²) in [6, 6.07) is 5.31. The third-order valence-corrected chi connectivity index (χ3v) is 2.63. The third-order valence-electron chi connectivity index (χ3n) is 2.22. The van der Waals surface area contributed by atoms with Gasteiger partial charge in [0.25, 0.3) is 0 Å². The SMILES string of the molecule is Cc1c(Cl)cccc1-n1nnc(CC(=O)O)n1. The number of aromatic nitrogens is 4. The molecule has 0 spiro atoms. The van der Waals surface area contributed by atoms with Gasteiger partial charge in [-0.3, -0.25) is 4.79 Å². The first-order valence-electron chi connectivity index (χ1n) is 4.84. The number of carboxylic acids is 1. The summed E-state index contributed by atoms with van der Waals surface area (Å²) in [4.78, 5) is 11.8.